The first-order valence-corrected chi connectivity index (χ1v) is 9.24. The molecule has 1 aliphatic carbocycles. The molecule has 0 spiro atoms. The summed E-state index contributed by atoms with van der Waals surface area (Å²) in [7, 11) is 0. The Morgan fingerprint density at radius 1 is 1.33 bits per heavy atom. The molecule has 5 heteroatoms. The van der Waals surface area contributed by atoms with Crippen molar-refractivity contribution < 1.29 is 4.74 Å². The maximum atomic E-state index is 7.65. The highest BCUT2D eigenvalue weighted by Crippen LogP contribution is 2.37. The van der Waals surface area contributed by atoms with E-state index in [9.17, 15) is 0 Å². The van der Waals surface area contributed by atoms with Gasteiger partial charge in [0.15, 0.2) is 0 Å². The van der Waals surface area contributed by atoms with Crippen molar-refractivity contribution in [2.45, 2.75) is 57.3 Å². The van der Waals surface area contributed by atoms with Gasteiger partial charge < -0.3 is 4.74 Å². The van der Waals surface area contributed by atoms with Gasteiger partial charge in [0.1, 0.15) is 6.17 Å². The molecule has 4 nitrogen and oxygen atoms in total. The Balaban J connectivity index is 1.84. The fourth-order valence-corrected chi connectivity index (χ4v) is 3.92. The lowest BCUT2D eigenvalue weighted by Gasteiger charge is -2.32. The van der Waals surface area contributed by atoms with Gasteiger partial charge in [0.2, 0.25) is 0 Å². The third-order valence-corrected chi connectivity index (χ3v) is 5.34. The third-order valence-electron chi connectivity index (χ3n) is 5.00. The van der Waals surface area contributed by atoms with Crippen molar-refractivity contribution in [1.29, 1.82) is 5.53 Å². The molecule has 1 fully saturated rings. The van der Waals surface area contributed by atoms with E-state index in [4.69, 9.17) is 21.9 Å². The number of hydrogen-bond donors (Lipinski definition) is 2. The van der Waals surface area contributed by atoms with Crippen LogP contribution in [0.3, 0.4) is 0 Å². The van der Waals surface area contributed by atoms with Crippen molar-refractivity contribution in [1.82, 2.24) is 5.32 Å². The van der Waals surface area contributed by atoms with Gasteiger partial charge in [0.05, 0.1) is 12.1 Å². The predicted octanol–water partition coefficient (Wildman–Crippen LogP) is 5.25. The summed E-state index contributed by atoms with van der Waals surface area (Å²) in [6.07, 6.45) is 7.29. The maximum Gasteiger partial charge on any atom is 0.147 e. The van der Waals surface area contributed by atoms with Crippen LogP contribution in [0.25, 0.3) is 0 Å². The Kier molecular flexibility index (Phi) is 6.04. The van der Waals surface area contributed by atoms with Gasteiger partial charge >= 0.3 is 0 Å². The van der Waals surface area contributed by atoms with Crippen LogP contribution in [-0.4, -0.2) is 18.9 Å². The average molecular weight is 348 g/mol. The number of hydrogen-bond acceptors (Lipinski definition) is 4. The molecule has 4 unspecified atom stereocenters. The van der Waals surface area contributed by atoms with Crippen LogP contribution >= 0.6 is 11.6 Å². The molecule has 0 amide bonds. The van der Waals surface area contributed by atoms with Crippen LogP contribution in [-0.2, 0) is 4.74 Å². The number of nitrogens with zero attached hydrogens (tertiary/aromatic N) is 1. The lowest BCUT2D eigenvalue weighted by atomic mass is 9.95. The number of allylic oxidation sites excluding steroid dienone is 1. The Bertz CT molecular complexity index is 598. The summed E-state index contributed by atoms with van der Waals surface area (Å²) in [6, 6.07) is 7.94. The van der Waals surface area contributed by atoms with Crippen LogP contribution in [0.1, 0.15) is 50.6 Å². The van der Waals surface area contributed by atoms with Gasteiger partial charge in [-0.2, -0.15) is 5.11 Å². The molecule has 2 N–H and O–H groups in total. The first-order chi connectivity index (χ1) is 11.7. The molecule has 4 atom stereocenters. The smallest absolute Gasteiger partial charge is 0.147 e. The average Bonchev–Trinajstić information content (AvgIpc) is 3.04. The van der Waals surface area contributed by atoms with E-state index in [0.29, 0.717) is 5.92 Å². The second-order valence-electron chi connectivity index (χ2n) is 6.92. The summed E-state index contributed by atoms with van der Waals surface area (Å²) >= 11 is 6.47. The summed E-state index contributed by atoms with van der Waals surface area (Å²) in [5.74, 6) is 0.657. The molecule has 1 heterocycles. The van der Waals surface area contributed by atoms with Crippen LogP contribution in [0.15, 0.2) is 41.0 Å². The number of rotatable bonds is 6. The number of benzene rings is 1. The SMILES string of the molecule is CC1CC=C(C(NC(N=N)C2CCCCO2)c2ccccc2Cl)C1. The molecule has 1 aromatic rings. The van der Waals surface area contributed by atoms with Crippen LogP contribution in [0.2, 0.25) is 5.02 Å². The molecule has 0 bridgehead atoms. The number of ether oxygens (including phenoxy) is 1. The van der Waals surface area contributed by atoms with Gasteiger partial charge in [0.25, 0.3) is 0 Å². The number of nitrogens with one attached hydrogen (secondary N) is 2. The van der Waals surface area contributed by atoms with E-state index in [1.165, 1.54) is 5.57 Å². The van der Waals surface area contributed by atoms with Crippen molar-refractivity contribution in [3.63, 3.8) is 0 Å². The lowest BCUT2D eigenvalue weighted by molar-refractivity contribution is -0.00951. The molecule has 1 saturated heterocycles. The summed E-state index contributed by atoms with van der Waals surface area (Å²) in [6.45, 7) is 3.03. The second kappa shape index (κ2) is 8.24. The largest absolute Gasteiger partial charge is 0.375 e. The maximum absolute atomic E-state index is 7.65. The summed E-state index contributed by atoms with van der Waals surface area (Å²) in [4.78, 5) is 0. The fourth-order valence-electron chi connectivity index (χ4n) is 3.68. The molecule has 130 valence electrons. The van der Waals surface area contributed by atoms with Gasteiger partial charge in [-0.1, -0.05) is 48.4 Å². The summed E-state index contributed by atoms with van der Waals surface area (Å²) in [5, 5.41) is 8.16. The Morgan fingerprint density at radius 2 is 2.17 bits per heavy atom. The van der Waals surface area contributed by atoms with E-state index in [1.54, 1.807) is 0 Å². The lowest BCUT2D eigenvalue weighted by Crippen LogP contribution is -2.43. The van der Waals surface area contributed by atoms with Gasteiger partial charge in [-0.15, -0.1) is 0 Å². The van der Waals surface area contributed by atoms with Crippen LogP contribution < -0.4 is 5.32 Å². The Labute approximate surface area is 149 Å². The van der Waals surface area contributed by atoms with Gasteiger partial charge in [-0.3, -0.25) is 5.32 Å². The van der Waals surface area contributed by atoms with Crippen molar-refractivity contribution >= 4 is 11.6 Å². The van der Waals surface area contributed by atoms with E-state index in [0.717, 1.165) is 49.3 Å². The van der Waals surface area contributed by atoms with E-state index < -0.39 is 0 Å². The molecule has 3 rings (SSSR count). The van der Waals surface area contributed by atoms with Crippen molar-refractivity contribution in [3.05, 3.63) is 46.5 Å². The van der Waals surface area contributed by atoms with Gasteiger partial charge in [-0.25, -0.2) is 5.53 Å². The van der Waals surface area contributed by atoms with Crippen LogP contribution in [0.4, 0.5) is 0 Å². The van der Waals surface area contributed by atoms with Crippen molar-refractivity contribution in [2.75, 3.05) is 6.61 Å². The van der Waals surface area contributed by atoms with E-state index >= 15 is 0 Å². The fraction of sp³-hybridized carbons (Fsp3) is 0.579. The topological polar surface area (TPSA) is 57.5 Å². The standard InChI is InChI=1S/C19H26ClN3O/c1-13-9-10-14(12-13)18(15-6-2-3-7-16(15)20)22-19(23-21)17-8-4-5-11-24-17/h2-3,6-7,10,13,17-19,21-22H,4-5,8-9,11-12H2,1H3. The zero-order chi connectivity index (χ0) is 16.9. The quantitative estimate of drug-likeness (QED) is 0.545. The zero-order valence-electron chi connectivity index (χ0n) is 14.2. The van der Waals surface area contributed by atoms with Crippen LogP contribution in [0, 0.1) is 11.4 Å². The van der Waals surface area contributed by atoms with Gasteiger partial charge in [0, 0.05) is 11.6 Å². The molecule has 0 saturated carbocycles. The second-order valence-corrected chi connectivity index (χ2v) is 7.33. The molecule has 1 aromatic carbocycles. The summed E-state index contributed by atoms with van der Waals surface area (Å²) < 4.78 is 5.85. The van der Waals surface area contributed by atoms with Gasteiger partial charge in [-0.05, 0) is 49.7 Å². The first-order valence-electron chi connectivity index (χ1n) is 8.86. The highest BCUT2D eigenvalue weighted by atomic mass is 35.5. The van der Waals surface area contributed by atoms with E-state index in [-0.39, 0.29) is 18.3 Å². The van der Waals surface area contributed by atoms with Crippen LogP contribution in [0.5, 0.6) is 0 Å². The molecule has 2 aliphatic rings. The zero-order valence-corrected chi connectivity index (χ0v) is 14.9. The van der Waals surface area contributed by atoms with E-state index in [1.807, 2.05) is 18.2 Å². The predicted molar refractivity (Wildman–Crippen MR) is 96.3 cm³/mol. The minimum atomic E-state index is -0.330. The number of halogens is 1. The summed E-state index contributed by atoms with van der Waals surface area (Å²) in [5.41, 5.74) is 10.1. The normalized spacial score (nSPS) is 26.7. The first kappa shape index (κ1) is 17.6. The molecule has 0 radical (unpaired) electrons. The molecular formula is C19H26ClN3O. The highest BCUT2D eigenvalue weighted by Gasteiger charge is 2.30. The highest BCUT2D eigenvalue weighted by molar-refractivity contribution is 6.31. The monoisotopic (exact) mass is 347 g/mol. The molecule has 0 aromatic heterocycles. The molecule has 24 heavy (non-hydrogen) atoms. The third kappa shape index (κ3) is 4.05. The van der Waals surface area contributed by atoms with Crippen molar-refractivity contribution in [2.24, 2.45) is 11.0 Å². The van der Waals surface area contributed by atoms with Crippen molar-refractivity contribution in [3.8, 4) is 0 Å². The minimum Gasteiger partial charge on any atom is -0.375 e. The Hall–Kier alpha value is -1.23. The molecular weight excluding hydrogens is 322 g/mol. The van der Waals surface area contributed by atoms with E-state index in [2.05, 4.69) is 29.5 Å². The molecule has 1 aliphatic heterocycles. The minimum absolute atomic E-state index is 0.00623. The Morgan fingerprint density at radius 3 is 2.79 bits per heavy atom.